The first-order valence-corrected chi connectivity index (χ1v) is 36.8. The molecule has 0 spiro atoms. The lowest BCUT2D eigenvalue weighted by Crippen LogP contribution is -2.51. The molecule has 532 valence electrons. The van der Waals surface area contributed by atoms with Crippen molar-refractivity contribution in [3.63, 3.8) is 0 Å². The number of benzene rings is 6. The van der Waals surface area contributed by atoms with Gasteiger partial charge >= 0.3 is 0 Å². The number of hydrogen-bond acceptors (Lipinski definition) is 1. The number of hydrogen-bond donors (Lipinski definition) is 1. The molecule has 2 heteroatoms. The number of halogens is 1. The molecule has 5 aliphatic rings. The van der Waals surface area contributed by atoms with Gasteiger partial charge in [0.1, 0.15) is 5.82 Å². The summed E-state index contributed by atoms with van der Waals surface area (Å²) in [6.07, 6.45) is 21.6. The molecule has 5 fully saturated rings. The van der Waals surface area contributed by atoms with Crippen LogP contribution in [0.1, 0.15) is 306 Å². The average Bonchev–Trinajstić information content (AvgIpc) is 0.732. The summed E-state index contributed by atoms with van der Waals surface area (Å²) in [6.45, 7) is 60.7. The van der Waals surface area contributed by atoms with Crippen LogP contribution >= 0.6 is 0 Å². The standard InChI is InChI=1S/C14H24.C12H18O.C12H18.2C11H16.C11H22.C11H16.C10H13F.CH4/c1-13(2,3)14-7-10-4-11(8-14)6-12(5-10)9-14;1-12(2,3)8-10-6-4-5-7-11(10)9-13;1-10-5-7-11(8-6-10)9-12(2,3)4;2*1-9-5-7-10(8-6-9)11(2,3)4;2*1-11(2,3)9-10-7-5-4-6-8-10;1-10(2,3)8-6-4-5-7-9(8)11;/h10-12H,4-9H2,1-3H3;4-7,13H,8-9H2,1-3H3;5-8H,9H2,1-4H3;2*5-8H,1-4H3;10H,4-9H2,1-3H3;4-8H,9H2,1-3H3;4-7H,1-3H3;1H4. The molecule has 0 aliphatic heterocycles. The van der Waals surface area contributed by atoms with Gasteiger partial charge in [-0.1, -0.05) is 368 Å². The third kappa shape index (κ3) is 35.0. The molecule has 6 aromatic rings. The summed E-state index contributed by atoms with van der Waals surface area (Å²) in [5, 5.41) is 9.12. The molecule has 0 saturated heterocycles. The Bertz CT molecular complexity index is 2910. The highest BCUT2D eigenvalue weighted by Gasteiger charge is 2.55. The second kappa shape index (κ2) is 38.0. The van der Waals surface area contributed by atoms with E-state index < -0.39 is 0 Å². The van der Waals surface area contributed by atoms with E-state index in [2.05, 4.69) is 275 Å². The fourth-order valence-corrected chi connectivity index (χ4v) is 14.4. The first-order valence-electron chi connectivity index (χ1n) is 36.8. The smallest absolute Gasteiger partial charge is 0.126 e. The number of aryl methyl sites for hydroxylation is 3. The summed E-state index contributed by atoms with van der Waals surface area (Å²) in [6, 6.07) is 51.9. The second-order valence-electron chi connectivity index (χ2n) is 38.3. The minimum Gasteiger partial charge on any atom is -0.392 e. The lowest BCUT2D eigenvalue weighted by atomic mass is 9.43. The Balaban J connectivity index is 0.000000370. The van der Waals surface area contributed by atoms with Crippen molar-refractivity contribution in [2.24, 2.45) is 56.2 Å². The van der Waals surface area contributed by atoms with E-state index in [1.807, 2.05) is 51.1 Å². The van der Waals surface area contributed by atoms with Gasteiger partial charge in [0, 0.05) is 0 Å². The van der Waals surface area contributed by atoms with E-state index in [1.54, 1.807) is 44.6 Å². The number of aliphatic hydroxyl groups excluding tert-OH is 1. The first-order chi connectivity index (χ1) is 43.2. The highest BCUT2D eigenvalue weighted by Crippen LogP contribution is 2.65. The normalized spacial score (nSPS) is 18.6. The maximum atomic E-state index is 13.1. The molecule has 0 heterocycles. The Morgan fingerprint density at radius 3 is 1.05 bits per heavy atom. The monoisotopic (exact) mass is 1300 g/mol. The van der Waals surface area contributed by atoms with E-state index in [1.165, 1.54) is 89.1 Å². The van der Waals surface area contributed by atoms with Crippen LogP contribution in [0, 0.1) is 82.7 Å². The fraction of sp³-hybridized carbons (Fsp3) is 0.613. The lowest BCUT2D eigenvalue weighted by Gasteiger charge is -2.62. The van der Waals surface area contributed by atoms with Crippen LogP contribution in [0.4, 0.5) is 4.39 Å². The predicted molar refractivity (Wildman–Crippen MR) is 422 cm³/mol. The van der Waals surface area contributed by atoms with Crippen LogP contribution in [-0.2, 0) is 42.1 Å². The molecular weight excluding hydrogens is 1150 g/mol. The lowest BCUT2D eigenvalue weighted by molar-refractivity contribution is -0.113. The maximum Gasteiger partial charge on any atom is 0.126 e. The van der Waals surface area contributed by atoms with Gasteiger partial charge in [-0.2, -0.15) is 0 Å². The molecule has 0 radical (unpaired) electrons. The van der Waals surface area contributed by atoms with Crippen molar-refractivity contribution in [1.82, 2.24) is 0 Å². The Hall–Kier alpha value is -4.79. The van der Waals surface area contributed by atoms with Crippen molar-refractivity contribution < 1.29 is 9.50 Å². The summed E-state index contributed by atoms with van der Waals surface area (Å²) in [7, 11) is 0. The van der Waals surface area contributed by atoms with Crippen molar-refractivity contribution in [3.05, 3.63) is 213 Å². The molecule has 0 atom stereocenters. The molecule has 11 rings (SSSR count). The van der Waals surface area contributed by atoms with E-state index in [0.29, 0.717) is 21.7 Å². The van der Waals surface area contributed by atoms with Crippen molar-refractivity contribution in [1.29, 1.82) is 0 Å². The molecule has 5 aliphatic carbocycles. The summed E-state index contributed by atoms with van der Waals surface area (Å²) >= 11 is 0. The van der Waals surface area contributed by atoms with E-state index in [0.717, 1.165) is 59.5 Å². The van der Waals surface area contributed by atoms with E-state index in [4.69, 9.17) is 5.11 Å². The largest absolute Gasteiger partial charge is 0.392 e. The quantitative estimate of drug-likeness (QED) is 0.182. The van der Waals surface area contributed by atoms with Crippen LogP contribution in [0.3, 0.4) is 0 Å². The van der Waals surface area contributed by atoms with Crippen molar-refractivity contribution in [3.8, 4) is 0 Å². The van der Waals surface area contributed by atoms with Crippen LogP contribution in [0.5, 0.6) is 0 Å². The molecule has 5 saturated carbocycles. The summed E-state index contributed by atoms with van der Waals surface area (Å²) < 4.78 is 13.1. The summed E-state index contributed by atoms with van der Waals surface area (Å²) in [5.74, 6) is 4.27. The van der Waals surface area contributed by atoms with Crippen LogP contribution in [0.15, 0.2) is 152 Å². The second-order valence-corrected chi connectivity index (χ2v) is 38.3. The first kappa shape index (κ1) is 86.3. The van der Waals surface area contributed by atoms with E-state index in [-0.39, 0.29) is 41.5 Å². The van der Waals surface area contributed by atoms with Crippen LogP contribution < -0.4 is 0 Å². The van der Waals surface area contributed by atoms with Crippen LogP contribution in [0.25, 0.3) is 0 Å². The Morgan fingerprint density at radius 1 is 0.379 bits per heavy atom. The molecule has 0 amide bonds. The molecule has 1 nitrogen and oxygen atoms in total. The summed E-state index contributed by atoms with van der Waals surface area (Å²) in [5.41, 5.74) is 16.2. The zero-order valence-electron chi connectivity index (χ0n) is 65.9. The molecule has 95 heavy (non-hydrogen) atoms. The van der Waals surface area contributed by atoms with Gasteiger partial charge < -0.3 is 5.11 Å². The zero-order chi connectivity index (χ0) is 71.2. The Kier molecular flexibility index (Phi) is 34.5. The Morgan fingerprint density at radius 2 is 0.726 bits per heavy atom. The topological polar surface area (TPSA) is 20.2 Å². The molecule has 6 aromatic carbocycles. The molecule has 0 aromatic heterocycles. The summed E-state index contributed by atoms with van der Waals surface area (Å²) in [4.78, 5) is 0. The van der Waals surface area contributed by atoms with Crippen molar-refractivity contribution in [2.75, 3.05) is 0 Å². The van der Waals surface area contributed by atoms with Gasteiger partial charge in [0.25, 0.3) is 0 Å². The highest BCUT2D eigenvalue weighted by molar-refractivity contribution is 5.30. The maximum absolute atomic E-state index is 13.1. The fourth-order valence-electron chi connectivity index (χ4n) is 14.4. The SMILES string of the molecule is C.CC(C)(C)C12CC3CC(CC(C3)C1)C2.CC(C)(C)CC1CCCCC1.CC(C)(C)Cc1ccccc1.CC(C)(C)Cc1ccccc1CO.CC(C)(C)c1ccccc1F.Cc1ccc(C(C)(C)C)cc1.Cc1ccc(C(C)(C)C)cc1.Cc1ccc(CC(C)(C)C)cc1. The van der Waals surface area contributed by atoms with Gasteiger partial charge in [0.15, 0.2) is 0 Å². The predicted octanol–water partition coefficient (Wildman–Crippen LogP) is 28.2. The van der Waals surface area contributed by atoms with Gasteiger partial charge in [-0.05, 0) is 202 Å². The van der Waals surface area contributed by atoms with E-state index >= 15 is 0 Å². The van der Waals surface area contributed by atoms with Gasteiger partial charge in [-0.3, -0.25) is 0 Å². The third-order valence-corrected chi connectivity index (χ3v) is 19.2. The number of aliphatic hydroxyl groups is 1. The van der Waals surface area contributed by atoms with Crippen molar-refractivity contribution >= 4 is 0 Å². The Labute approximate surface area is 589 Å². The highest BCUT2D eigenvalue weighted by atomic mass is 19.1. The van der Waals surface area contributed by atoms with Gasteiger partial charge in [0.2, 0.25) is 0 Å². The average molecular weight is 1300 g/mol. The van der Waals surface area contributed by atoms with Gasteiger partial charge in [0.05, 0.1) is 6.61 Å². The van der Waals surface area contributed by atoms with Crippen LogP contribution in [0.2, 0.25) is 0 Å². The third-order valence-electron chi connectivity index (χ3n) is 19.2. The molecule has 0 unspecified atom stereocenters. The molecular formula is C93H147FO. The minimum absolute atomic E-state index is 0. The minimum atomic E-state index is -0.111. The van der Waals surface area contributed by atoms with Crippen molar-refractivity contribution in [2.45, 2.75) is 314 Å². The van der Waals surface area contributed by atoms with Gasteiger partial charge in [-0.15, -0.1) is 0 Å². The molecule has 1 N–H and O–H groups in total. The van der Waals surface area contributed by atoms with E-state index in [9.17, 15) is 4.39 Å². The van der Waals surface area contributed by atoms with Crippen LogP contribution in [-0.4, -0.2) is 5.11 Å². The van der Waals surface area contributed by atoms with Gasteiger partial charge in [-0.25, -0.2) is 4.39 Å². The zero-order valence-corrected chi connectivity index (χ0v) is 65.9. The number of rotatable bonds is 5. The molecule has 4 bridgehead atoms.